The molecule has 1 aromatic carbocycles. The maximum atomic E-state index is 12.0. The predicted molar refractivity (Wildman–Crippen MR) is 104 cm³/mol. The van der Waals surface area contributed by atoms with Crippen molar-refractivity contribution in [1.29, 1.82) is 0 Å². The Morgan fingerprint density at radius 3 is 2.54 bits per heavy atom. The molecule has 132 valence electrons. The molecular formula is C19H28N2O2S. The van der Waals surface area contributed by atoms with E-state index in [0.717, 1.165) is 24.1 Å². The molecule has 1 unspecified atom stereocenters. The molecule has 0 bridgehead atoms. The normalized spacial score (nSPS) is 13.8. The van der Waals surface area contributed by atoms with Crippen LogP contribution in [0.4, 0.5) is 5.69 Å². The third kappa shape index (κ3) is 8.22. The Kier molecular flexibility index (Phi) is 9.27. The average molecular weight is 349 g/mol. The van der Waals surface area contributed by atoms with Gasteiger partial charge in [-0.1, -0.05) is 35.4 Å². The summed E-state index contributed by atoms with van der Waals surface area (Å²) in [6, 6.07) is 8.90. The minimum absolute atomic E-state index is 0.250. The highest BCUT2D eigenvalue weighted by Gasteiger charge is 2.18. The highest BCUT2D eigenvalue weighted by Crippen LogP contribution is 2.13. The fourth-order valence-corrected chi connectivity index (χ4v) is 2.17. The van der Waals surface area contributed by atoms with Crippen LogP contribution in [-0.4, -0.2) is 24.0 Å². The van der Waals surface area contributed by atoms with E-state index in [-0.39, 0.29) is 5.75 Å². The molecule has 0 radical (unpaired) electrons. The molecule has 0 spiro atoms. The molecule has 0 aliphatic heterocycles. The van der Waals surface area contributed by atoms with Crippen LogP contribution >= 0.6 is 12.6 Å². The summed E-state index contributed by atoms with van der Waals surface area (Å²) < 4.78 is 5.49. The fraction of sp³-hybridized carbons (Fsp3) is 0.421. The van der Waals surface area contributed by atoms with E-state index in [4.69, 9.17) is 10.5 Å². The van der Waals surface area contributed by atoms with Crippen molar-refractivity contribution in [2.75, 3.05) is 11.1 Å². The van der Waals surface area contributed by atoms with Crippen LogP contribution in [0.3, 0.4) is 0 Å². The summed E-state index contributed by atoms with van der Waals surface area (Å²) >= 11 is 4.04. The minimum Gasteiger partial charge on any atom is -0.437 e. The number of anilines is 1. The van der Waals surface area contributed by atoms with Crippen LogP contribution in [-0.2, 0) is 9.53 Å². The van der Waals surface area contributed by atoms with Crippen LogP contribution in [0.5, 0.6) is 0 Å². The highest BCUT2D eigenvalue weighted by atomic mass is 32.1. The van der Waals surface area contributed by atoms with Crippen molar-refractivity contribution in [3.63, 3.8) is 0 Å². The number of benzene rings is 1. The molecule has 0 aliphatic carbocycles. The lowest BCUT2D eigenvalue weighted by Gasteiger charge is -2.20. The number of hydrogen-bond donors (Lipinski definition) is 3. The van der Waals surface area contributed by atoms with Crippen molar-refractivity contribution in [2.24, 2.45) is 5.73 Å². The van der Waals surface area contributed by atoms with Gasteiger partial charge in [-0.15, -0.1) is 0 Å². The van der Waals surface area contributed by atoms with Gasteiger partial charge in [0.15, 0.2) is 6.23 Å². The van der Waals surface area contributed by atoms with Crippen LogP contribution in [0.2, 0.25) is 0 Å². The summed E-state index contributed by atoms with van der Waals surface area (Å²) in [4.78, 5) is 12.0. The number of para-hydroxylation sites is 1. The summed E-state index contributed by atoms with van der Waals surface area (Å²) in [6.07, 6.45) is 5.44. The zero-order valence-electron chi connectivity index (χ0n) is 14.7. The van der Waals surface area contributed by atoms with Gasteiger partial charge in [0, 0.05) is 11.4 Å². The van der Waals surface area contributed by atoms with Crippen LogP contribution in [0.1, 0.15) is 33.6 Å². The summed E-state index contributed by atoms with van der Waals surface area (Å²) in [5.74, 6) is -0.216. The van der Waals surface area contributed by atoms with E-state index in [1.807, 2.05) is 43.3 Å². The van der Waals surface area contributed by atoms with Gasteiger partial charge < -0.3 is 15.8 Å². The van der Waals surface area contributed by atoms with E-state index in [1.54, 1.807) is 0 Å². The van der Waals surface area contributed by atoms with Crippen LogP contribution in [0.15, 0.2) is 53.6 Å². The second-order valence-electron chi connectivity index (χ2n) is 5.99. The number of allylic oxidation sites excluding steroid dienone is 3. The molecule has 4 nitrogen and oxygen atoms in total. The molecule has 2 atom stereocenters. The summed E-state index contributed by atoms with van der Waals surface area (Å²) in [6.45, 7) is 6.20. The smallest absolute Gasteiger partial charge is 0.325 e. The van der Waals surface area contributed by atoms with E-state index in [2.05, 4.69) is 37.9 Å². The van der Waals surface area contributed by atoms with Gasteiger partial charge >= 0.3 is 5.97 Å². The molecule has 1 aromatic rings. The Bertz CT molecular complexity index is 566. The fourth-order valence-electron chi connectivity index (χ4n) is 2.02. The van der Waals surface area contributed by atoms with E-state index in [9.17, 15) is 4.79 Å². The first-order valence-electron chi connectivity index (χ1n) is 8.11. The number of carbonyl (C=O) groups is 1. The standard InChI is InChI=1S/C19H28N2O2S/c1-14(2)8-7-9-15(3)12-18(23-19(22)17(20)13-24)21-16-10-5-4-6-11-16/h4-6,8,10-12,17-18,21,24H,7,9,13,20H2,1-3H3/t17-,18?/m0/s1. The lowest BCUT2D eigenvalue weighted by molar-refractivity contribution is -0.146. The Labute approximate surface area is 150 Å². The number of ether oxygens (including phenoxy) is 1. The number of esters is 1. The second kappa shape index (κ2) is 10.9. The van der Waals surface area contributed by atoms with E-state index in [1.165, 1.54) is 5.57 Å². The van der Waals surface area contributed by atoms with Gasteiger partial charge in [-0.25, -0.2) is 0 Å². The van der Waals surface area contributed by atoms with Crippen molar-refractivity contribution < 1.29 is 9.53 Å². The third-order valence-electron chi connectivity index (χ3n) is 3.35. The Morgan fingerprint density at radius 1 is 1.29 bits per heavy atom. The van der Waals surface area contributed by atoms with Gasteiger partial charge in [-0.2, -0.15) is 12.6 Å². The van der Waals surface area contributed by atoms with Gasteiger partial charge in [0.25, 0.3) is 0 Å². The number of nitrogens with one attached hydrogen (secondary N) is 1. The monoisotopic (exact) mass is 348 g/mol. The molecule has 0 aliphatic rings. The van der Waals surface area contributed by atoms with Crippen LogP contribution in [0, 0.1) is 0 Å². The molecule has 5 heteroatoms. The zero-order valence-corrected chi connectivity index (χ0v) is 15.6. The third-order valence-corrected chi connectivity index (χ3v) is 3.75. The lowest BCUT2D eigenvalue weighted by Crippen LogP contribution is -2.38. The number of carbonyl (C=O) groups excluding carboxylic acids is 1. The zero-order chi connectivity index (χ0) is 17.9. The van der Waals surface area contributed by atoms with Crippen molar-refractivity contribution in [2.45, 2.75) is 45.9 Å². The first-order chi connectivity index (χ1) is 11.4. The second-order valence-corrected chi connectivity index (χ2v) is 6.36. The topological polar surface area (TPSA) is 64.3 Å². The Morgan fingerprint density at radius 2 is 1.96 bits per heavy atom. The van der Waals surface area contributed by atoms with Crippen LogP contribution < -0.4 is 11.1 Å². The minimum atomic E-state index is -0.729. The van der Waals surface area contributed by atoms with E-state index in [0.29, 0.717) is 0 Å². The largest absolute Gasteiger partial charge is 0.437 e. The molecule has 0 heterocycles. The molecule has 3 N–H and O–H groups in total. The first kappa shape index (κ1) is 20.3. The van der Waals surface area contributed by atoms with Gasteiger partial charge in [0.2, 0.25) is 0 Å². The van der Waals surface area contributed by atoms with Gasteiger partial charge in [0.1, 0.15) is 6.04 Å². The summed E-state index contributed by atoms with van der Waals surface area (Å²) in [7, 11) is 0. The van der Waals surface area contributed by atoms with Crippen molar-refractivity contribution in [3.8, 4) is 0 Å². The van der Waals surface area contributed by atoms with Gasteiger partial charge in [-0.3, -0.25) is 4.79 Å². The quantitative estimate of drug-likeness (QED) is 0.274. The van der Waals surface area contributed by atoms with Crippen LogP contribution in [0.25, 0.3) is 0 Å². The lowest BCUT2D eigenvalue weighted by atomic mass is 10.1. The molecule has 0 saturated heterocycles. The maximum Gasteiger partial charge on any atom is 0.325 e. The van der Waals surface area contributed by atoms with Crippen molar-refractivity contribution in [1.82, 2.24) is 0 Å². The molecule has 0 amide bonds. The van der Waals surface area contributed by atoms with Gasteiger partial charge in [-0.05, 0) is 51.8 Å². The Balaban J connectivity index is 2.79. The SMILES string of the molecule is CC(C)=CCCC(C)=CC(Nc1ccccc1)OC(=O)[C@@H](N)CS. The maximum absolute atomic E-state index is 12.0. The van der Waals surface area contributed by atoms with E-state index < -0.39 is 18.2 Å². The number of rotatable bonds is 9. The highest BCUT2D eigenvalue weighted by molar-refractivity contribution is 7.80. The number of thiol groups is 1. The molecule has 0 aromatic heterocycles. The first-order valence-corrected chi connectivity index (χ1v) is 8.74. The molecule has 24 heavy (non-hydrogen) atoms. The summed E-state index contributed by atoms with van der Waals surface area (Å²) in [5.41, 5.74) is 9.02. The molecular weight excluding hydrogens is 320 g/mol. The molecule has 0 fully saturated rings. The Hall–Kier alpha value is -1.72. The van der Waals surface area contributed by atoms with Crippen molar-refractivity contribution in [3.05, 3.63) is 53.6 Å². The molecule has 1 rings (SSSR count). The van der Waals surface area contributed by atoms with E-state index >= 15 is 0 Å². The predicted octanol–water partition coefficient (Wildman–Crippen LogP) is 3.92. The number of nitrogens with two attached hydrogens (primary N) is 1. The summed E-state index contributed by atoms with van der Waals surface area (Å²) in [5, 5.41) is 3.20. The number of hydrogen-bond acceptors (Lipinski definition) is 5. The molecule has 0 saturated carbocycles. The average Bonchev–Trinajstić information content (AvgIpc) is 2.54. The van der Waals surface area contributed by atoms with Gasteiger partial charge in [0.05, 0.1) is 0 Å². The van der Waals surface area contributed by atoms with Crippen molar-refractivity contribution >= 4 is 24.3 Å².